The summed E-state index contributed by atoms with van der Waals surface area (Å²) in [5.74, 6) is 1.29. The van der Waals surface area contributed by atoms with Gasteiger partial charge >= 0.3 is 0 Å². The van der Waals surface area contributed by atoms with Crippen LogP contribution in [0.25, 0.3) is 0 Å². The van der Waals surface area contributed by atoms with E-state index in [4.69, 9.17) is 16.0 Å². The zero-order valence-electron chi connectivity index (χ0n) is 8.21. The molecule has 0 fully saturated rings. The molecule has 0 aliphatic carbocycles. The number of rotatable bonds is 4. The molecule has 0 aliphatic rings. The molecule has 0 radical (unpaired) electrons. The van der Waals surface area contributed by atoms with Crippen LogP contribution in [0.15, 0.2) is 10.6 Å². The molecule has 4 nitrogen and oxygen atoms in total. The summed E-state index contributed by atoms with van der Waals surface area (Å²) in [6.45, 7) is 3.89. The predicted molar refractivity (Wildman–Crippen MR) is 53.0 cm³/mol. The second kappa shape index (κ2) is 5.00. The van der Waals surface area contributed by atoms with Crippen molar-refractivity contribution in [3.05, 3.63) is 17.8 Å². The fourth-order valence-corrected chi connectivity index (χ4v) is 1.03. The van der Waals surface area contributed by atoms with Crippen molar-refractivity contribution in [3.8, 4) is 0 Å². The highest BCUT2D eigenvalue weighted by Gasteiger charge is 2.11. The Labute approximate surface area is 87.6 Å². The Morgan fingerprint density at radius 2 is 2.50 bits per heavy atom. The van der Waals surface area contributed by atoms with E-state index in [-0.39, 0.29) is 11.8 Å². The molecule has 1 heterocycles. The monoisotopic (exact) mass is 216 g/mol. The first-order chi connectivity index (χ1) is 6.63. The van der Waals surface area contributed by atoms with Gasteiger partial charge < -0.3 is 9.73 Å². The summed E-state index contributed by atoms with van der Waals surface area (Å²) >= 11 is 5.53. The Bertz CT molecular complexity index is 312. The minimum atomic E-state index is -0.187. The number of aryl methyl sites for hydroxylation is 1. The molecule has 1 unspecified atom stereocenters. The van der Waals surface area contributed by atoms with Crippen molar-refractivity contribution in [1.29, 1.82) is 0 Å². The van der Waals surface area contributed by atoms with Gasteiger partial charge in [-0.15, -0.1) is 11.6 Å². The van der Waals surface area contributed by atoms with Crippen LogP contribution in [0, 0.1) is 12.8 Å². The second-order valence-corrected chi connectivity index (χ2v) is 3.45. The Balaban J connectivity index is 2.37. The maximum atomic E-state index is 11.3. The van der Waals surface area contributed by atoms with E-state index < -0.39 is 0 Å². The molecule has 0 saturated heterocycles. The number of oxazole rings is 1. The van der Waals surface area contributed by atoms with E-state index >= 15 is 0 Å². The highest BCUT2D eigenvalue weighted by atomic mass is 35.5. The molecule has 0 aliphatic heterocycles. The standard InChI is InChI=1S/C9H13ClN2O2/c1-6(3-10)9(13)12-5-8-11-4-7(2)14-8/h4,6H,3,5H2,1-2H3,(H,12,13). The summed E-state index contributed by atoms with van der Waals surface area (Å²) < 4.78 is 5.19. The first kappa shape index (κ1) is 11.0. The molecule has 1 atom stereocenters. The third kappa shape index (κ3) is 3.03. The number of alkyl halides is 1. The molecule has 1 aromatic rings. The van der Waals surface area contributed by atoms with Crippen LogP contribution >= 0.6 is 11.6 Å². The van der Waals surface area contributed by atoms with Gasteiger partial charge in [0.15, 0.2) is 0 Å². The third-order valence-electron chi connectivity index (χ3n) is 1.76. The number of carbonyl (C=O) groups excluding carboxylic acids is 1. The topological polar surface area (TPSA) is 55.1 Å². The van der Waals surface area contributed by atoms with Crippen LogP contribution in [0.2, 0.25) is 0 Å². The molecule has 0 aromatic carbocycles. The maximum Gasteiger partial charge on any atom is 0.224 e. The van der Waals surface area contributed by atoms with E-state index in [1.807, 2.05) is 0 Å². The van der Waals surface area contributed by atoms with Crippen LogP contribution < -0.4 is 5.32 Å². The smallest absolute Gasteiger partial charge is 0.224 e. The van der Waals surface area contributed by atoms with Gasteiger partial charge in [0.25, 0.3) is 0 Å². The van der Waals surface area contributed by atoms with Crippen LogP contribution in [-0.4, -0.2) is 16.8 Å². The van der Waals surface area contributed by atoms with Gasteiger partial charge in [-0.2, -0.15) is 0 Å². The number of hydrogen-bond donors (Lipinski definition) is 1. The highest BCUT2D eigenvalue weighted by Crippen LogP contribution is 2.02. The zero-order valence-corrected chi connectivity index (χ0v) is 8.97. The quantitative estimate of drug-likeness (QED) is 0.776. The van der Waals surface area contributed by atoms with E-state index in [1.54, 1.807) is 20.0 Å². The van der Waals surface area contributed by atoms with Crippen LogP contribution in [0.5, 0.6) is 0 Å². The van der Waals surface area contributed by atoms with E-state index in [9.17, 15) is 4.79 Å². The lowest BCUT2D eigenvalue weighted by Crippen LogP contribution is -2.29. The SMILES string of the molecule is Cc1cnc(CNC(=O)C(C)CCl)o1. The summed E-state index contributed by atoms with van der Waals surface area (Å²) in [6.07, 6.45) is 1.62. The Morgan fingerprint density at radius 1 is 1.79 bits per heavy atom. The number of hydrogen-bond acceptors (Lipinski definition) is 3. The molecular weight excluding hydrogens is 204 g/mol. The van der Waals surface area contributed by atoms with Gasteiger partial charge in [0.05, 0.1) is 12.7 Å². The van der Waals surface area contributed by atoms with Gasteiger partial charge in [-0.25, -0.2) is 4.98 Å². The van der Waals surface area contributed by atoms with Crippen LogP contribution in [0.4, 0.5) is 0 Å². The number of nitrogens with zero attached hydrogens (tertiary/aromatic N) is 1. The number of aromatic nitrogens is 1. The van der Waals surface area contributed by atoms with Gasteiger partial charge in [-0.3, -0.25) is 4.79 Å². The maximum absolute atomic E-state index is 11.3. The number of amides is 1. The number of halogens is 1. The summed E-state index contributed by atoms with van der Waals surface area (Å²) in [5.41, 5.74) is 0. The van der Waals surface area contributed by atoms with E-state index in [2.05, 4.69) is 10.3 Å². The summed E-state index contributed by atoms with van der Waals surface area (Å²) in [6, 6.07) is 0. The number of nitrogens with one attached hydrogen (secondary N) is 1. The van der Waals surface area contributed by atoms with Crippen molar-refractivity contribution in [2.45, 2.75) is 20.4 Å². The minimum absolute atomic E-state index is 0.0872. The summed E-state index contributed by atoms with van der Waals surface area (Å²) in [4.78, 5) is 15.2. The van der Waals surface area contributed by atoms with Crippen molar-refractivity contribution < 1.29 is 9.21 Å². The third-order valence-corrected chi connectivity index (χ3v) is 2.22. The molecule has 78 valence electrons. The summed E-state index contributed by atoms with van der Waals surface area (Å²) in [5, 5.41) is 2.68. The highest BCUT2D eigenvalue weighted by molar-refractivity contribution is 6.19. The van der Waals surface area contributed by atoms with E-state index in [1.165, 1.54) is 0 Å². The molecule has 0 saturated carbocycles. The molecule has 0 bridgehead atoms. The van der Waals surface area contributed by atoms with Gasteiger partial charge in [0, 0.05) is 11.8 Å². The fourth-order valence-electron chi connectivity index (χ4n) is 0.890. The van der Waals surface area contributed by atoms with Crippen LogP contribution in [0.3, 0.4) is 0 Å². The van der Waals surface area contributed by atoms with Crippen molar-refractivity contribution in [3.63, 3.8) is 0 Å². The van der Waals surface area contributed by atoms with Crippen molar-refractivity contribution in [1.82, 2.24) is 10.3 Å². The van der Waals surface area contributed by atoms with Gasteiger partial charge in [0.1, 0.15) is 5.76 Å². The molecule has 1 amide bonds. The first-order valence-corrected chi connectivity index (χ1v) is 4.92. The second-order valence-electron chi connectivity index (χ2n) is 3.14. The summed E-state index contributed by atoms with van der Waals surface area (Å²) in [7, 11) is 0. The number of carbonyl (C=O) groups is 1. The van der Waals surface area contributed by atoms with Gasteiger partial charge in [-0.1, -0.05) is 6.92 Å². The lowest BCUT2D eigenvalue weighted by atomic mass is 10.2. The normalized spacial score (nSPS) is 12.5. The molecule has 0 spiro atoms. The molecule has 1 N–H and O–H groups in total. The van der Waals surface area contributed by atoms with Crippen molar-refractivity contribution in [2.24, 2.45) is 5.92 Å². The average molecular weight is 217 g/mol. The Kier molecular flexibility index (Phi) is 3.95. The molecule has 1 rings (SSSR count). The fraction of sp³-hybridized carbons (Fsp3) is 0.556. The predicted octanol–water partition coefficient (Wildman–Crippen LogP) is 1.47. The minimum Gasteiger partial charge on any atom is -0.444 e. The first-order valence-electron chi connectivity index (χ1n) is 4.38. The van der Waals surface area contributed by atoms with Crippen molar-refractivity contribution in [2.75, 3.05) is 5.88 Å². The van der Waals surface area contributed by atoms with E-state index in [0.29, 0.717) is 18.3 Å². The average Bonchev–Trinajstić information content (AvgIpc) is 2.59. The lowest BCUT2D eigenvalue weighted by molar-refractivity contribution is -0.124. The van der Waals surface area contributed by atoms with Crippen LogP contribution in [-0.2, 0) is 11.3 Å². The zero-order chi connectivity index (χ0) is 10.6. The van der Waals surface area contributed by atoms with E-state index in [0.717, 1.165) is 5.76 Å². The molecule has 5 heteroatoms. The largest absolute Gasteiger partial charge is 0.444 e. The molecule has 1 aromatic heterocycles. The lowest BCUT2D eigenvalue weighted by Gasteiger charge is -2.06. The van der Waals surface area contributed by atoms with Crippen molar-refractivity contribution >= 4 is 17.5 Å². The van der Waals surface area contributed by atoms with Crippen LogP contribution in [0.1, 0.15) is 18.6 Å². The van der Waals surface area contributed by atoms with Gasteiger partial charge in [-0.05, 0) is 6.92 Å². The molecule has 14 heavy (non-hydrogen) atoms. The molecular formula is C9H13ClN2O2. The Hall–Kier alpha value is -1.03. The van der Waals surface area contributed by atoms with Gasteiger partial charge in [0.2, 0.25) is 11.8 Å². The Morgan fingerprint density at radius 3 is 3.00 bits per heavy atom.